The van der Waals surface area contributed by atoms with Gasteiger partial charge in [0.2, 0.25) is 5.91 Å². The largest absolute Gasteiger partial charge is 0.460 e. The zero-order valence-corrected chi connectivity index (χ0v) is 15.4. The number of carbonyl (C=O) groups excluding carboxylic acids is 2. The van der Waals surface area contributed by atoms with Crippen molar-refractivity contribution in [1.82, 2.24) is 0 Å². The summed E-state index contributed by atoms with van der Waals surface area (Å²) >= 11 is 6.97. The van der Waals surface area contributed by atoms with E-state index in [0.29, 0.717) is 11.3 Å². The molecule has 0 saturated carbocycles. The lowest BCUT2D eigenvalue weighted by atomic mass is 10.2. The van der Waals surface area contributed by atoms with Crippen LogP contribution in [0.5, 0.6) is 0 Å². The van der Waals surface area contributed by atoms with Gasteiger partial charge in [0.1, 0.15) is 23.5 Å². The van der Waals surface area contributed by atoms with Gasteiger partial charge in [0.25, 0.3) is 0 Å². The lowest BCUT2D eigenvalue weighted by Crippen LogP contribution is -2.21. The van der Waals surface area contributed by atoms with Crippen LogP contribution < -0.4 is 5.32 Å². The topological polar surface area (TPSA) is 55.4 Å². The average molecular weight is 400 g/mol. The molecule has 0 heterocycles. The summed E-state index contributed by atoms with van der Waals surface area (Å²) in [6, 6.07) is 9.19. The smallest absolute Gasteiger partial charge is 0.319 e. The fourth-order valence-electron chi connectivity index (χ4n) is 1.90. The molecule has 0 fully saturated rings. The van der Waals surface area contributed by atoms with Gasteiger partial charge in [-0.3, -0.25) is 9.59 Å². The van der Waals surface area contributed by atoms with Crippen molar-refractivity contribution in [2.24, 2.45) is 0 Å². The van der Waals surface area contributed by atoms with Gasteiger partial charge >= 0.3 is 5.97 Å². The highest BCUT2D eigenvalue weighted by Crippen LogP contribution is 2.20. The first-order valence-corrected chi connectivity index (χ1v) is 9.05. The molecular weight excluding hydrogens is 384 g/mol. The molecule has 8 heteroatoms. The Kier molecular flexibility index (Phi) is 7.41. The summed E-state index contributed by atoms with van der Waals surface area (Å²) in [5, 5.41) is 2.20. The molecule has 0 aromatic heterocycles. The number of amides is 1. The van der Waals surface area contributed by atoms with Crippen molar-refractivity contribution in [1.29, 1.82) is 0 Å². The van der Waals surface area contributed by atoms with E-state index in [1.807, 2.05) is 0 Å². The third-order valence-electron chi connectivity index (χ3n) is 3.31. The predicted octanol–water partition coefficient (Wildman–Crippen LogP) is 4.42. The van der Waals surface area contributed by atoms with Crippen LogP contribution in [0.2, 0.25) is 5.02 Å². The maximum absolute atomic E-state index is 13.0. The SMILES string of the molecule is CC(SCC(=O)Nc1ccc(F)cc1)C(=O)OCc1ccc(F)cc1Cl. The number of esters is 1. The number of carbonyl (C=O) groups is 2. The molecule has 2 aromatic carbocycles. The van der Waals surface area contributed by atoms with Crippen molar-refractivity contribution in [3.8, 4) is 0 Å². The third-order valence-corrected chi connectivity index (χ3v) is 4.78. The fraction of sp³-hybridized carbons (Fsp3) is 0.222. The highest BCUT2D eigenvalue weighted by molar-refractivity contribution is 8.01. The summed E-state index contributed by atoms with van der Waals surface area (Å²) in [4.78, 5) is 23.8. The Labute approximate surface area is 158 Å². The first kappa shape index (κ1) is 20.2. The van der Waals surface area contributed by atoms with E-state index in [1.165, 1.54) is 36.4 Å². The Balaban J connectivity index is 1.75. The number of benzene rings is 2. The van der Waals surface area contributed by atoms with Crippen LogP contribution in [-0.4, -0.2) is 22.9 Å². The summed E-state index contributed by atoms with van der Waals surface area (Å²) in [6.45, 7) is 1.54. The number of anilines is 1. The molecule has 2 aromatic rings. The molecule has 1 N–H and O–H groups in total. The molecule has 4 nitrogen and oxygen atoms in total. The lowest BCUT2D eigenvalue weighted by molar-refractivity contribution is -0.143. The molecule has 138 valence electrons. The van der Waals surface area contributed by atoms with E-state index in [0.717, 1.165) is 17.8 Å². The van der Waals surface area contributed by atoms with E-state index >= 15 is 0 Å². The van der Waals surface area contributed by atoms with Crippen LogP contribution in [0, 0.1) is 11.6 Å². The molecule has 1 unspecified atom stereocenters. The second-order valence-corrected chi connectivity index (χ2v) is 7.09. The Morgan fingerprint density at radius 2 is 1.81 bits per heavy atom. The normalized spacial score (nSPS) is 11.7. The predicted molar refractivity (Wildman–Crippen MR) is 98.2 cm³/mol. The van der Waals surface area contributed by atoms with Crippen LogP contribution in [0.3, 0.4) is 0 Å². The van der Waals surface area contributed by atoms with Gasteiger partial charge in [-0.1, -0.05) is 17.7 Å². The molecule has 0 bridgehead atoms. The Morgan fingerprint density at radius 1 is 1.15 bits per heavy atom. The van der Waals surface area contributed by atoms with Crippen LogP contribution >= 0.6 is 23.4 Å². The maximum atomic E-state index is 13.0. The van der Waals surface area contributed by atoms with Gasteiger partial charge in [0.05, 0.1) is 10.8 Å². The van der Waals surface area contributed by atoms with Crippen LogP contribution in [0.1, 0.15) is 12.5 Å². The Bertz CT molecular complexity index is 787. The first-order chi connectivity index (χ1) is 12.3. The third kappa shape index (κ3) is 6.31. The van der Waals surface area contributed by atoms with E-state index in [9.17, 15) is 18.4 Å². The summed E-state index contributed by atoms with van der Waals surface area (Å²) in [6.07, 6.45) is 0. The van der Waals surface area contributed by atoms with E-state index in [-0.39, 0.29) is 23.3 Å². The molecule has 0 aliphatic heterocycles. The van der Waals surface area contributed by atoms with Gasteiger partial charge in [0, 0.05) is 11.3 Å². The summed E-state index contributed by atoms with van der Waals surface area (Å²) in [7, 11) is 0. The van der Waals surface area contributed by atoms with Crippen molar-refractivity contribution >= 4 is 40.9 Å². The highest BCUT2D eigenvalue weighted by Gasteiger charge is 2.17. The summed E-state index contributed by atoms with van der Waals surface area (Å²) in [5.41, 5.74) is 0.964. The second kappa shape index (κ2) is 9.54. The number of hydrogen-bond donors (Lipinski definition) is 1. The van der Waals surface area contributed by atoms with Gasteiger partial charge in [-0.05, 0) is 43.3 Å². The standard InChI is InChI=1S/C18H16ClF2NO3S/c1-11(18(24)25-9-12-2-3-14(21)8-16(12)19)26-10-17(23)22-15-6-4-13(20)5-7-15/h2-8,11H,9-10H2,1H3,(H,22,23). The van der Waals surface area contributed by atoms with Crippen LogP contribution in [0.15, 0.2) is 42.5 Å². The van der Waals surface area contributed by atoms with Gasteiger partial charge < -0.3 is 10.1 Å². The molecule has 0 aliphatic rings. The van der Waals surface area contributed by atoms with E-state index in [2.05, 4.69) is 5.32 Å². The van der Waals surface area contributed by atoms with Crippen LogP contribution in [0.4, 0.5) is 14.5 Å². The van der Waals surface area contributed by atoms with Gasteiger partial charge in [-0.2, -0.15) is 0 Å². The zero-order valence-electron chi connectivity index (χ0n) is 13.8. The minimum atomic E-state index is -0.576. The fourth-order valence-corrected chi connectivity index (χ4v) is 2.80. The minimum absolute atomic E-state index is 0.0327. The van der Waals surface area contributed by atoms with Crippen LogP contribution in [0.25, 0.3) is 0 Å². The zero-order chi connectivity index (χ0) is 19.1. The van der Waals surface area contributed by atoms with Crippen molar-refractivity contribution in [2.75, 3.05) is 11.1 Å². The van der Waals surface area contributed by atoms with Crippen LogP contribution in [-0.2, 0) is 20.9 Å². The number of nitrogens with one attached hydrogen (secondary N) is 1. The average Bonchev–Trinajstić information content (AvgIpc) is 2.60. The second-order valence-electron chi connectivity index (χ2n) is 5.35. The molecule has 26 heavy (non-hydrogen) atoms. The summed E-state index contributed by atoms with van der Waals surface area (Å²) < 4.78 is 30.9. The lowest BCUT2D eigenvalue weighted by Gasteiger charge is -2.12. The number of rotatable bonds is 7. The Morgan fingerprint density at radius 3 is 2.46 bits per heavy atom. The molecule has 2 rings (SSSR count). The quantitative estimate of drug-likeness (QED) is 0.700. The molecule has 0 radical (unpaired) electrons. The number of ether oxygens (including phenoxy) is 1. The molecule has 0 aliphatic carbocycles. The maximum Gasteiger partial charge on any atom is 0.319 e. The molecular formula is C18H16ClF2NO3S. The number of thioether (sulfide) groups is 1. The number of halogens is 3. The van der Waals surface area contributed by atoms with Gasteiger partial charge in [-0.15, -0.1) is 11.8 Å². The van der Waals surface area contributed by atoms with E-state index in [4.69, 9.17) is 16.3 Å². The van der Waals surface area contributed by atoms with E-state index in [1.54, 1.807) is 6.92 Å². The van der Waals surface area contributed by atoms with Crippen molar-refractivity contribution in [3.63, 3.8) is 0 Å². The van der Waals surface area contributed by atoms with Crippen molar-refractivity contribution < 1.29 is 23.1 Å². The van der Waals surface area contributed by atoms with E-state index < -0.39 is 22.9 Å². The summed E-state index contributed by atoms with van der Waals surface area (Å²) in [5.74, 6) is -1.66. The highest BCUT2D eigenvalue weighted by atomic mass is 35.5. The minimum Gasteiger partial charge on any atom is -0.460 e. The van der Waals surface area contributed by atoms with Gasteiger partial charge in [0.15, 0.2) is 0 Å². The van der Waals surface area contributed by atoms with Crippen molar-refractivity contribution in [3.05, 3.63) is 64.7 Å². The molecule has 1 atom stereocenters. The van der Waals surface area contributed by atoms with Crippen molar-refractivity contribution in [2.45, 2.75) is 18.8 Å². The monoisotopic (exact) mass is 399 g/mol. The van der Waals surface area contributed by atoms with Gasteiger partial charge in [-0.25, -0.2) is 8.78 Å². The first-order valence-electron chi connectivity index (χ1n) is 7.62. The molecule has 0 saturated heterocycles. The molecule has 1 amide bonds. The number of hydrogen-bond acceptors (Lipinski definition) is 4. The Hall–Kier alpha value is -2.12. The molecule has 0 spiro atoms.